The zero-order valence-corrected chi connectivity index (χ0v) is 16.3. The Morgan fingerprint density at radius 3 is 2.76 bits per heavy atom. The van der Waals surface area contributed by atoms with Gasteiger partial charge in [-0.2, -0.15) is 0 Å². The van der Waals surface area contributed by atoms with Gasteiger partial charge in [-0.1, -0.05) is 0 Å². The predicted octanol–water partition coefficient (Wildman–Crippen LogP) is 2.64. The average molecular weight is 393 g/mol. The smallest absolute Gasteiger partial charge is 0.228 e. The highest BCUT2D eigenvalue weighted by Gasteiger charge is 2.38. The molecule has 0 radical (unpaired) electrons. The van der Waals surface area contributed by atoms with E-state index in [9.17, 15) is 4.79 Å². The highest BCUT2D eigenvalue weighted by Crippen LogP contribution is 2.33. The number of rotatable bonds is 4. The van der Waals surface area contributed by atoms with Gasteiger partial charge in [0.25, 0.3) is 0 Å². The fourth-order valence-electron chi connectivity index (χ4n) is 3.97. The number of hydrogen-bond donors (Lipinski definition) is 1. The molecule has 1 amide bonds. The van der Waals surface area contributed by atoms with E-state index in [0.29, 0.717) is 29.2 Å². The summed E-state index contributed by atoms with van der Waals surface area (Å²) in [4.78, 5) is 28.2. The van der Waals surface area contributed by atoms with Crippen LogP contribution in [0.5, 0.6) is 0 Å². The molecule has 1 N–H and O–H groups in total. The normalized spacial score (nSPS) is 22.4. The number of morpholine rings is 1. The Morgan fingerprint density at radius 2 is 2.00 bits per heavy atom. The van der Waals surface area contributed by atoms with Crippen LogP contribution in [-0.4, -0.2) is 58.1 Å². The number of ether oxygens (including phenoxy) is 1. The van der Waals surface area contributed by atoms with Gasteiger partial charge in [-0.3, -0.25) is 9.69 Å². The van der Waals surface area contributed by atoms with Crippen molar-refractivity contribution in [2.24, 2.45) is 5.92 Å². The molecule has 2 fully saturated rings. The van der Waals surface area contributed by atoms with Crippen molar-refractivity contribution in [1.29, 1.82) is 0 Å². The van der Waals surface area contributed by atoms with Crippen LogP contribution in [0.25, 0.3) is 22.4 Å². The molecule has 1 saturated heterocycles. The number of carbonyl (C=O) groups excluding carboxylic acids is 1. The fourth-order valence-corrected chi connectivity index (χ4v) is 3.97. The number of fused-ring (bicyclic) bond motifs is 1. The molecule has 5 rings (SSSR count). The largest absolute Gasteiger partial charge is 0.439 e. The second-order valence-electron chi connectivity index (χ2n) is 7.66. The van der Waals surface area contributed by atoms with Gasteiger partial charge in [-0.05, 0) is 25.0 Å². The van der Waals surface area contributed by atoms with Gasteiger partial charge in [0.05, 0.1) is 24.9 Å². The number of pyridine rings is 2. The van der Waals surface area contributed by atoms with E-state index in [1.54, 1.807) is 25.4 Å². The standard InChI is InChI=1S/C21H23N5O3/c1-13-22-12-19(29-13)17-3-2-14-11-23-20(10-18(14)24-17)25-21(27)15-8-16(9-15)26-4-6-28-7-5-26/h2-3,10-12,15-16H,4-9H2,1H3,(H,23,25,27)/t15-,16-. The molecular formula is C21H23N5O3. The Balaban J connectivity index is 1.26. The quantitative estimate of drug-likeness (QED) is 0.728. The maximum absolute atomic E-state index is 12.6. The first-order chi connectivity index (χ1) is 14.2. The molecule has 1 aliphatic carbocycles. The number of amides is 1. The van der Waals surface area contributed by atoms with Crippen molar-refractivity contribution >= 4 is 22.6 Å². The lowest BCUT2D eigenvalue weighted by atomic mass is 9.78. The van der Waals surface area contributed by atoms with Crippen LogP contribution in [0.1, 0.15) is 18.7 Å². The minimum Gasteiger partial charge on any atom is -0.439 e. The van der Waals surface area contributed by atoms with E-state index < -0.39 is 0 Å². The number of carbonyl (C=O) groups is 1. The molecule has 1 saturated carbocycles. The second-order valence-corrected chi connectivity index (χ2v) is 7.66. The van der Waals surface area contributed by atoms with Crippen LogP contribution in [0.3, 0.4) is 0 Å². The first kappa shape index (κ1) is 18.2. The summed E-state index contributed by atoms with van der Waals surface area (Å²) in [6.07, 6.45) is 5.18. The van der Waals surface area contributed by atoms with Gasteiger partial charge in [-0.25, -0.2) is 15.0 Å². The molecule has 3 aromatic rings. The van der Waals surface area contributed by atoms with Gasteiger partial charge in [0.2, 0.25) is 5.91 Å². The summed E-state index contributed by atoms with van der Waals surface area (Å²) in [5.41, 5.74) is 1.45. The highest BCUT2D eigenvalue weighted by atomic mass is 16.5. The van der Waals surface area contributed by atoms with E-state index in [0.717, 1.165) is 50.0 Å². The van der Waals surface area contributed by atoms with E-state index in [2.05, 4.69) is 25.2 Å². The second kappa shape index (κ2) is 7.53. The van der Waals surface area contributed by atoms with E-state index in [1.165, 1.54) is 0 Å². The third-order valence-electron chi connectivity index (χ3n) is 5.74. The Labute approximate surface area is 168 Å². The summed E-state index contributed by atoms with van der Waals surface area (Å²) >= 11 is 0. The molecule has 29 heavy (non-hydrogen) atoms. The molecule has 2 aliphatic rings. The Hall–Kier alpha value is -2.84. The van der Waals surface area contributed by atoms with Crippen LogP contribution in [0, 0.1) is 12.8 Å². The summed E-state index contributed by atoms with van der Waals surface area (Å²) in [5, 5.41) is 3.86. The maximum atomic E-state index is 12.6. The van der Waals surface area contributed by atoms with E-state index >= 15 is 0 Å². The molecule has 1 aliphatic heterocycles. The zero-order valence-electron chi connectivity index (χ0n) is 16.3. The van der Waals surface area contributed by atoms with Crippen molar-refractivity contribution in [1.82, 2.24) is 19.9 Å². The molecule has 0 unspecified atom stereocenters. The van der Waals surface area contributed by atoms with Crippen molar-refractivity contribution in [3.05, 3.63) is 36.5 Å². The summed E-state index contributed by atoms with van der Waals surface area (Å²) in [6, 6.07) is 6.11. The third-order valence-corrected chi connectivity index (χ3v) is 5.74. The molecule has 0 spiro atoms. The molecule has 8 heteroatoms. The molecule has 0 bridgehead atoms. The third kappa shape index (κ3) is 3.73. The fraction of sp³-hybridized carbons (Fsp3) is 0.429. The molecule has 0 atom stereocenters. The van der Waals surface area contributed by atoms with Crippen molar-refractivity contribution in [3.8, 4) is 11.5 Å². The SMILES string of the molecule is Cc1ncc(-c2ccc3cnc(NC(=O)[C@H]4C[C@H](N5CCOCC5)C4)cc3n2)o1. The van der Waals surface area contributed by atoms with Crippen LogP contribution < -0.4 is 5.32 Å². The molecular weight excluding hydrogens is 370 g/mol. The molecule has 150 valence electrons. The number of oxazole rings is 1. The Kier molecular flexibility index (Phi) is 4.73. The summed E-state index contributed by atoms with van der Waals surface area (Å²) in [7, 11) is 0. The van der Waals surface area contributed by atoms with E-state index in [-0.39, 0.29) is 11.8 Å². The van der Waals surface area contributed by atoms with Gasteiger partial charge in [0.15, 0.2) is 11.7 Å². The molecule has 0 aromatic carbocycles. The number of hydrogen-bond acceptors (Lipinski definition) is 7. The van der Waals surface area contributed by atoms with Gasteiger partial charge >= 0.3 is 0 Å². The minimum atomic E-state index is 0.0309. The number of aryl methyl sites for hydroxylation is 1. The van der Waals surface area contributed by atoms with Crippen molar-refractivity contribution in [3.63, 3.8) is 0 Å². The summed E-state index contributed by atoms with van der Waals surface area (Å²) in [6.45, 7) is 5.30. The first-order valence-electron chi connectivity index (χ1n) is 9.98. The van der Waals surface area contributed by atoms with Crippen LogP contribution in [0.4, 0.5) is 5.82 Å². The lowest BCUT2D eigenvalue weighted by Crippen LogP contribution is -2.52. The number of nitrogens with zero attached hydrogens (tertiary/aromatic N) is 4. The van der Waals surface area contributed by atoms with Gasteiger partial charge in [0, 0.05) is 49.6 Å². The van der Waals surface area contributed by atoms with Crippen LogP contribution >= 0.6 is 0 Å². The van der Waals surface area contributed by atoms with Crippen molar-refractivity contribution in [2.45, 2.75) is 25.8 Å². The zero-order chi connectivity index (χ0) is 19.8. The molecule has 8 nitrogen and oxygen atoms in total. The first-order valence-corrected chi connectivity index (χ1v) is 9.98. The Bertz CT molecular complexity index is 1040. The molecule has 3 aromatic heterocycles. The number of anilines is 1. The highest BCUT2D eigenvalue weighted by molar-refractivity contribution is 5.94. The summed E-state index contributed by atoms with van der Waals surface area (Å²) in [5.74, 6) is 1.81. The number of nitrogens with one attached hydrogen (secondary N) is 1. The van der Waals surface area contributed by atoms with Crippen LogP contribution in [0.15, 0.2) is 35.0 Å². The maximum Gasteiger partial charge on any atom is 0.228 e. The van der Waals surface area contributed by atoms with Gasteiger partial charge in [0.1, 0.15) is 11.5 Å². The van der Waals surface area contributed by atoms with Crippen molar-refractivity contribution in [2.75, 3.05) is 31.6 Å². The molecule has 4 heterocycles. The topological polar surface area (TPSA) is 93.4 Å². The van der Waals surface area contributed by atoms with E-state index in [1.807, 2.05) is 12.1 Å². The predicted molar refractivity (Wildman–Crippen MR) is 107 cm³/mol. The van der Waals surface area contributed by atoms with E-state index in [4.69, 9.17) is 9.15 Å². The van der Waals surface area contributed by atoms with Crippen LogP contribution in [0.2, 0.25) is 0 Å². The van der Waals surface area contributed by atoms with Gasteiger partial charge < -0.3 is 14.5 Å². The Morgan fingerprint density at radius 1 is 1.17 bits per heavy atom. The average Bonchev–Trinajstić information content (AvgIpc) is 3.13. The monoisotopic (exact) mass is 393 g/mol. The summed E-state index contributed by atoms with van der Waals surface area (Å²) < 4.78 is 11.0. The number of aromatic nitrogens is 3. The lowest BCUT2D eigenvalue weighted by molar-refractivity contribution is -0.125. The van der Waals surface area contributed by atoms with Crippen LogP contribution in [-0.2, 0) is 9.53 Å². The lowest BCUT2D eigenvalue weighted by Gasteiger charge is -2.43. The minimum absolute atomic E-state index is 0.0309. The van der Waals surface area contributed by atoms with Crippen molar-refractivity contribution < 1.29 is 13.9 Å². The van der Waals surface area contributed by atoms with Gasteiger partial charge in [-0.15, -0.1) is 0 Å².